The van der Waals surface area contributed by atoms with Crippen LogP contribution in [0.3, 0.4) is 0 Å². The molecule has 5 rings (SSSR count). The number of amides is 1. The first kappa shape index (κ1) is 33.2. The molecule has 11 nitrogen and oxygen atoms in total. The normalized spacial score (nSPS) is 14.2. The lowest BCUT2D eigenvalue weighted by Gasteiger charge is -2.26. The number of anilines is 5. The van der Waals surface area contributed by atoms with Crippen LogP contribution in [-0.2, 0) is 16.2 Å². The second-order valence-corrected chi connectivity index (χ2v) is 11.3. The summed E-state index contributed by atoms with van der Waals surface area (Å²) in [4.78, 5) is 31.5. The van der Waals surface area contributed by atoms with E-state index in [-0.39, 0.29) is 24.4 Å². The molecule has 0 spiro atoms. The summed E-state index contributed by atoms with van der Waals surface area (Å²) < 4.78 is 25.3. The van der Waals surface area contributed by atoms with Crippen LogP contribution in [0.1, 0.15) is 23.6 Å². The number of halogens is 1. The number of rotatable bonds is 14. The van der Waals surface area contributed by atoms with Crippen LogP contribution in [0.5, 0.6) is 11.5 Å². The smallest absolute Gasteiger partial charge is 0.247 e. The average Bonchev–Trinajstić information content (AvgIpc) is 3.57. The Balaban J connectivity index is 1.36. The van der Waals surface area contributed by atoms with Crippen LogP contribution >= 0.6 is 0 Å². The van der Waals surface area contributed by atoms with Gasteiger partial charge in [0.25, 0.3) is 0 Å². The monoisotopic (exact) mass is 641 g/mol. The summed E-state index contributed by atoms with van der Waals surface area (Å²) in [5.74, 6) is 1.69. The van der Waals surface area contributed by atoms with Crippen LogP contribution in [0.2, 0.25) is 0 Å². The second-order valence-electron chi connectivity index (χ2n) is 11.3. The van der Waals surface area contributed by atoms with Crippen LogP contribution in [0.15, 0.2) is 85.7 Å². The molecular weight excluding hydrogens is 601 g/mol. The summed E-state index contributed by atoms with van der Waals surface area (Å²) in [7, 11) is 7.58. The molecule has 1 aliphatic rings. The molecule has 1 atom stereocenters. The van der Waals surface area contributed by atoms with Gasteiger partial charge in [-0.1, -0.05) is 30.8 Å². The minimum Gasteiger partial charge on any atom is -0.494 e. The fourth-order valence-electron chi connectivity index (χ4n) is 5.18. The van der Waals surface area contributed by atoms with Crippen molar-refractivity contribution in [1.29, 1.82) is 0 Å². The van der Waals surface area contributed by atoms with Crippen molar-refractivity contribution in [3.63, 3.8) is 0 Å². The predicted octanol–water partition coefficient (Wildman–Crippen LogP) is 5.95. The van der Waals surface area contributed by atoms with Crippen LogP contribution in [0, 0.1) is 5.82 Å². The van der Waals surface area contributed by atoms with Gasteiger partial charge in [0, 0.05) is 38.7 Å². The molecule has 246 valence electrons. The minimum atomic E-state index is -0.326. The summed E-state index contributed by atoms with van der Waals surface area (Å²) in [6.45, 7) is 5.91. The van der Waals surface area contributed by atoms with Crippen molar-refractivity contribution < 1.29 is 23.5 Å². The van der Waals surface area contributed by atoms with Gasteiger partial charge in [0.05, 0.1) is 36.8 Å². The number of hydrogen-bond donors (Lipinski definition) is 2. The summed E-state index contributed by atoms with van der Waals surface area (Å²) in [6.07, 6.45) is 3.44. The quantitative estimate of drug-likeness (QED) is 0.161. The summed E-state index contributed by atoms with van der Waals surface area (Å²) in [5, 5.41) is 8.01. The van der Waals surface area contributed by atoms with Gasteiger partial charge < -0.3 is 29.9 Å². The first-order valence-electron chi connectivity index (χ1n) is 15.2. The number of aromatic nitrogens is 2. The van der Waals surface area contributed by atoms with E-state index < -0.39 is 0 Å². The minimum absolute atomic E-state index is 0.122. The molecule has 0 saturated carbocycles. The zero-order valence-electron chi connectivity index (χ0n) is 27.1. The lowest BCUT2D eigenvalue weighted by Crippen LogP contribution is -2.29. The average molecular weight is 642 g/mol. The Labute approximate surface area is 274 Å². The number of methoxy groups -OCH3 is 1. The number of hydroxylamine groups is 1. The highest BCUT2D eigenvalue weighted by Gasteiger charge is 2.29. The molecule has 4 aromatic rings. The van der Waals surface area contributed by atoms with Crippen molar-refractivity contribution in [2.45, 2.75) is 19.1 Å². The molecule has 1 aromatic heterocycles. The molecule has 0 bridgehead atoms. The van der Waals surface area contributed by atoms with E-state index in [1.165, 1.54) is 24.5 Å². The first-order chi connectivity index (χ1) is 22.7. The molecule has 1 unspecified atom stereocenters. The van der Waals surface area contributed by atoms with Crippen molar-refractivity contribution >= 4 is 34.6 Å². The molecule has 1 fully saturated rings. The largest absolute Gasteiger partial charge is 0.494 e. The van der Waals surface area contributed by atoms with Crippen molar-refractivity contribution in [2.24, 2.45) is 0 Å². The Morgan fingerprint density at radius 3 is 2.68 bits per heavy atom. The van der Waals surface area contributed by atoms with E-state index >= 15 is 0 Å². The van der Waals surface area contributed by atoms with Crippen LogP contribution in [-0.4, -0.2) is 68.7 Å². The summed E-state index contributed by atoms with van der Waals surface area (Å²) in [5.41, 5.74) is 3.73. The fourth-order valence-corrected chi connectivity index (χ4v) is 5.18. The number of nitrogens with one attached hydrogen (secondary N) is 2. The van der Waals surface area contributed by atoms with E-state index in [1.807, 2.05) is 63.6 Å². The lowest BCUT2D eigenvalue weighted by atomic mass is 10.0. The van der Waals surface area contributed by atoms with Crippen LogP contribution in [0.4, 0.5) is 33.1 Å². The number of ether oxygens (including phenoxy) is 2. The third kappa shape index (κ3) is 8.54. The Morgan fingerprint density at radius 1 is 1.09 bits per heavy atom. The maximum atomic E-state index is 13.6. The molecule has 1 aliphatic heterocycles. The highest BCUT2D eigenvalue weighted by atomic mass is 19.1. The number of carbonyl (C=O) groups is 1. The maximum absolute atomic E-state index is 13.6. The van der Waals surface area contributed by atoms with Gasteiger partial charge in [-0.05, 0) is 61.6 Å². The number of hydrogen-bond acceptors (Lipinski definition) is 10. The van der Waals surface area contributed by atoms with E-state index in [9.17, 15) is 9.18 Å². The summed E-state index contributed by atoms with van der Waals surface area (Å²) >= 11 is 0. The molecule has 2 N–H and O–H groups in total. The zero-order valence-corrected chi connectivity index (χ0v) is 27.1. The van der Waals surface area contributed by atoms with Gasteiger partial charge >= 0.3 is 0 Å². The van der Waals surface area contributed by atoms with Crippen LogP contribution in [0.25, 0.3) is 0 Å². The van der Waals surface area contributed by atoms with E-state index in [1.54, 1.807) is 24.3 Å². The standard InChI is InChI=1S/C35H40FN7O4/c1-6-35(44)40-28-19-29(32(45-5)20-31(28)42(4)15-14-41(2)3)39-33-21-34(38-23-37-33)43-30(13-16-47-43)25-10-8-12-27(18-25)46-22-24-9-7-11-26(36)17-24/h6-12,17-21,23,30H,1,13-16,22H2,2-5H3,(H,40,44)(H,37,38,39). The molecule has 12 heteroatoms. The Kier molecular flexibility index (Phi) is 10.9. The third-order valence-electron chi connectivity index (χ3n) is 7.64. The maximum Gasteiger partial charge on any atom is 0.247 e. The van der Waals surface area contributed by atoms with E-state index in [2.05, 4.69) is 37.0 Å². The second kappa shape index (κ2) is 15.4. The highest BCUT2D eigenvalue weighted by Crippen LogP contribution is 2.39. The molecular formula is C35H40FN7O4. The number of benzene rings is 3. The van der Waals surface area contributed by atoms with Crippen molar-refractivity contribution in [1.82, 2.24) is 14.9 Å². The van der Waals surface area contributed by atoms with E-state index in [0.717, 1.165) is 36.3 Å². The number of likely N-dealkylation sites (N-methyl/N-ethyl adjacent to an activating group) is 2. The lowest BCUT2D eigenvalue weighted by molar-refractivity contribution is -0.111. The van der Waals surface area contributed by atoms with Crippen molar-refractivity contribution in [3.05, 3.63) is 103 Å². The molecule has 0 radical (unpaired) electrons. The van der Waals surface area contributed by atoms with Crippen molar-refractivity contribution in [3.8, 4) is 11.5 Å². The van der Waals surface area contributed by atoms with E-state index in [0.29, 0.717) is 41.1 Å². The summed E-state index contributed by atoms with van der Waals surface area (Å²) in [6, 6.07) is 19.5. The number of carbonyl (C=O) groups excluding carboxylic acids is 1. The van der Waals surface area contributed by atoms with Gasteiger partial charge in [-0.2, -0.15) is 0 Å². The topological polar surface area (TPSA) is 104 Å². The van der Waals surface area contributed by atoms with Gasteiger partial charge in [0.2, 0.25) is 5.91 Å². The molecule has 0 aliphatic carbocycles. The predicted molar refractivity (Wildman–Crippen MR) is 182 cm³/mol. The van der Waals surface area contributed by atoms with Gasteiger partial charge in [-0.25, -0.2) is 19.4 Å². The number of nitrogens with zero attached hydrogens (tertiary/aromatic N) is 5. The zero-order chi connectivity index (χ0) is 33.3. The van der Waals surface area contributed by atoms with Crippen molar-refractivity contribution in [2.75, 3.05) is 68.5 Å². The van der Waals surface area contributed by atoms with Gasteiger partial charge in [0.15, 0.2) is 5.82 Å². The molecule has 2 heterocycles. The Morgan fingerprint density at radius 2 is 1.91 bits per heavy atom. The molecule has 1 amide bonds. The Hall–Kier alpha value is -5.20. The molecule has 47 heavy (non-hydrogen) atoms. The van der Waals surface area contributed by atoms with Gasteiger partial charge in [-0.3, -0.25) is 9.63 Å². The molecule has 1 saturated heterocycles. The van der Waals surface area contributed by atoms with Gasteiger partial charge in [-0.15, -0.1) is 0 Å². The SMILES string of the molecule is C=CC(=O)Nc1cc(Nc2cc(N3OCCC3c3cccc(OCc4cccc(F)c4)c3)ncn2)c(OC)cc1N(C)CCN(C)C. The van der Waals surface area contributed by atoms with Gasteiger partial charge in [0.1, 0.15) is 36.1 Å². The van der Waals surface area contributed by atoms with Crippen LogP contribution < -0.4 is 30.1 Å². The first-order valence-corrected chi connectivity index (χ1v) is 15.2. The molecule has 3 aromatic carbocycles. The Bertz CT molecular complexity index is 1700. The fraction of sp³-hybridized carbons (Fsp3) is 0.286. The van der Waals surface area contributed by atoms with E-state index in [4.69, 9.17) is 14.3 Å². The highest BCUT2D eigenvalue weighted by molar-refractivity contribution is 6.02. The third-order valence-corrected chi connectivity index (χ3v) is 7.64.